The zero-order chi connectivity index (χ0) is 20.9. The average Bonchev–Trinajstić information content (AvgIpc) is 2.79. The van der Waals surface area contributed by atoms with Crippen LogP contribution in [0.3, 0.4) is 0 Å². The summed E-state index contributed by atoms with van der Waals surface area (Å²) < 4.78 is 11.0. The summed E-state index contributed by atoms with van der Waals surface area (Å²) in [6, 6.07) is 13.8. The van der Waals surface area contributed by atoms with E-state index in [2.05, 4.69) is 28.2 Å². The summed E-state index contributed by atoms with van der Waals surface area (Å²) in [5.41, 5.74) is 1.71. The topological polar surface area (TPSA) is 62.8 Å². The van der Waals surface area contributed by atoms with Crippen molar-refractivity contribution in [1.29, 1.82) is 0 Å². The third kappa shape index (κ3) is 4.47. The lowest BCUT2D eigenvalue weighted by Crippen LogP contribution is -2.45. The van der Waals surface area contributed by atoms with Crippen molar-refractivity contribution in [1.82, 2.24) is 19.8 Å². The highest BCUT2D eigenvalue weighted by Gasteiger charge is 2.16. The molecule has 1 aliphatic rings. The second kappa shape index (κ2) is 9.28. The fourth-order valence-corrected chi connectivity index (χ4v) is 3.72. The van der Waals surface area contributed by atoms with Gasteiger partial charge in [0.25, 0.3) is 0 Å². The molecule has 2 heterocycles. The van der Waals surface area contributed by atoms with Crippen molar-refractivity contribution >= 4 is 16.7 Å². The molecular formula is C23H29N5O2. The minimum absolute atomic E-state index is 0.617. The van der Waals surface area contributed by atoms with Gasteiger partial charge in [0.2, 0.25) is 0 Å². The maximum atomic E-state index is 5.55. The summed E-state index contributed by atoms with van der Waals surface area (Å²) in [5, 5.41) is 4.56. The number of likely N-dealkylation sites (N-methyl/N-ethyl adjacent to an activating group) is 1. The molecule has 0 spiro atoms. The first-order chi connectivity index (χ1) is 14.7. The first-order valence-electron chi connectivity index (χ1n) is 10.3. The molecule has 0 bridgehead atoms. The van der Waals surface area contributed by atoms with Gasteiger partial charge in [-0.1, -0.05) is 12.1 Å². The standard InChI is InChI=1S/C23H29N5O2/c1-27-12-14-28(15-13-27)11-10-24-22-18-6-4-5-7-20(18)25-23(26-22)19-16-17(29-2)8-9-21(19)30-3/h4-9,16H,10-15H2,1-3H3,(H,24,25,26). The summed E-state index contributed by atoms with van der Waals surface area (Å²) in [5.74, 6) is 2.92. The minimum Gasteiger partial charge on any atom is -0.497 e. The Morgan fingerprint density at radius 2 is 1.77 bits per heavy atom. The summed E-state index contributed by atoms with van der Waals surface area (Å²) >= 11 is 0. The van der Waals surface area contributed by atoms with E-state index in [1.54, 1.807) is 14.2 Å². The van der Waals surface area contributed by atoms with Gasteiger partial charge < -0.3 is 19.7 Å². The molecule has 4 rings (SSSR count). The molecule has 1 fully saturated rings. The highest BCUT2D eigenvalue weighted by Crippen LogP contribution is 2.33. The van der Waals surface area contributed by atoms with Crippen LogP contribution in [-0.2, 0) is 0 Å². The molecule has 1 saturated heterocycles. The van der Waals surface area contributed by atoms with Crippen molar-refractivity contribution in [2.45, 2.75) is 0 Å². The number of benzene rings is 2. The molecule has 30 heavy (non-hydrogen) atoms. The number of fused-ring (bicyclic) bond motifs is 1. The van der Waals surface area contributed by atoms with Gasteiger partial charge in [0, 0.05) is 44.7 Å². The number of anilines is 1. The third-order valence-corrected chi connectivity index (χ3v) is 5.57. The van der Waals surface area contributed by atoms with E-state index < -0.39 is 0 Å². The maximum Gasteiger partial charge on any atom is 0.166 e. The molecule has 0 unspecified atom stereocenters. The number of methoxy groups -OCH3 is 2. The Hall–Kier alpha value is -2.90. The molecule has 2 aromatic carbocycles. The van der Waals surface area contributed by atoms with E-state index in [4.69, 9.17) is 19.4 Å². The van der Waals surface area contributed by atoms with Crippen molar-refractivity contribution in [3.63, 3.8) is 0 Å². The van der Waals surface area contributed by atoms with Gasteiger partial charge in [0.05, 0.1) is 25.3 Å². The SMILES string of the molecule is COc1ccc(OC)c(-c2nc(NCCN3CCN(C)CC3)c3ccccc3n2)c1. The van der Waals surface area contributed by atoms with E-state index in [-0.39, 0.29) is 0 Å². The number of para-hydroxylation sites is 1. The number of ether oxygens (including phenoxy) is 2. The lowest BCUT2D eigenvalue weighted by Gasteiger charge is -2.32. The molecule has 1 N–H and O–H groups in total. The van der Waals surface area contributed by atoms with E-state index >= 15 is 0 Å². The largest absolute Gasteiger partial charge is 0.497 e. The van der Waals surface area contributed by atoms with Crippen LogP contribution in [0.25, 0.3) is 22.3 Å². The van der Waals surface area contributed by atoms with Crippen LogP contribution in [0.2, 0.25) is 0 Å². The molecule has 0 saturated carbocycles. The van der Waals surface area contributed by atoms with Crippen LogP contribution >= 0.6 is 0 Å². The molecule has 158 valence electrons. The van der Waals surface area contributed by atoms with Crippen LogP contribution in [0.1, 0.15) is 0 Å². The Bertz CT molecular complexity index is 1000. The summed E-state index contributed by atoms with van der Waals surface area (Å²) in [4.78, 5) is 14.5. The molecule has 7 nitrogen and oxygen atoms in total. The molecule has 0 amide bonds. The molecule has 0 atom stereocenters. The van der Waals surface area contributed by atoms with Crippen LogP contribution < -0.4 is 14.8 Å². The first kappa shape index (κ1) is 20.4. The third-order valence-electron chi connectivity index (χ3n) is 5.57. The van der Waals surface area contributed by atoms with E-state index in [1.807, 2.05) is 36.4 Å². The maximum absolute atomic E-state index is 5.55. The Kier molecular flexibility index (Phi) is 6.30. The van der Waals surface area contributed by atoms with Crippen molar-refractivity contribution < 1.29 is 9.47 Å². The smallest absolute Gasteiger partial charge is 0.166 e. The summed E-state index contributed by atoms with van der Waals surface area (Å²) in [6.45, 7) is 6.28. The minimum atomic E-state index is 0.617. The molecule has 3 aromatic rings. The number of nitrogens with zero attached hydrogens (tertiary/aromatic N) is 4. The first-order valence-corrected chi connectivity index (χ1v) is 10.3. The lowest BCUT2D eigenvalue weighted by molar-refractivity contribution is 0.158. The summed E-state index contributed by atoms with van der Waals surface area (Å²) in [6.07, 6.45) is 0. The van der Waals surface area contributed by atoms with Gasteiger partial charge in [-0.2, -0.15) is 0 Å². The average molecular weight is 408 g/mol. The number of nitrogens with one attached hydrogen (secondary N) is 1. The van der Waals surface area contributed by atoms with Crippen LogP contribution in [0.4, 0.5) is 5.82 Å². The zero-order valence-electron chi connectivity index (χ0n) is 17.9. The van der Waals surface area contributed by atoms with Gasteiger partial charge in [-0.05, 0) is 37.4 Å². The summed E-state index contributed by atoms with van der Waals surface area (Å²) in [7, 11) is 5.48. The number of rotatable bonds is 7. The molecule has 0 radical (unpaired) electrons. The van der Waals surface area contributed by atoms with E-state index in [1.165, 1.54) is 0 Å². The predicted molar refractivity (Wildman–Crippen MR) is 121 cm³/mol. The Balaban J connectivity index is 1.62. The number of hydrogen-bond donors (Lipinski definition) is 1. The van der Waals surface area contributed by atoms with Gasteiger partial charge in [-0.15, -0.1) is 0 Å². The number of piperazine rings is 1. The van der Waals surface area contributed by atoms with E-state index in [0.717, 1.165) is 73.1 Å². The molecule has 7 heteroatoms. The van der Waals surface area contributed by atoms with Crippen LogP contribution in [-0.4, -0.2) is 80.3 Å². The fraction of sp³-hybridized carbons (Fsp3) is 0.391. The van der Waals surface area contributed by atoms with Gasteiger partial charge in [0.15, 0.2) is 5.82 Å². The highest BCUT2D eigenvalue weighted by molar-refractivity contribution is 5.91. The quantitative estimate of drug-likeness (QED) is 0.646. The zero-order valence-corrected chi connectivity index (χ0v) is 17.9. The second-order valence-electron chi connectivity index (χ2n) is 7.55. The Morgan fingerprint density at radius 3 is 2.53 bits per heavy atom. The van der Waals surface area contributed by atoms with Gasteiger partial charge in [-0.3, -0.25) is 4.90 Å². The fourth-order valence-electron chi connectivity index (χ4n) is 3.72. The molecule has 1 aliphatic heterocycles. The lowest BCUT2D eigenvalue weighted by atomic mass is 10.1. The monoisotopic (exact) mass is 407 g/mol. The van der Waals surface area contributed by atoms with E-state index in [0.29, 0.717) is 5.82 Å². The molecular weight excluding hydrogens is 378 g/mol. The number of hydrogen-bond acceptors (Lipinski definition) is 7. The van der Waals surface area contributed by atoms with Crippen molar-refractivity contribution in [3.05, 3.63) is 42.5 Å². The second-order valence-corrected chi connectivity index (χ2v) is 7.55. The van der Waals surface area contributed by atoms with Crippen LogP contribution in [0.15, 0.2) is 42.5 Å². The highest BCUT2D eigenvalue weighted by atomic mass is 16.5. The Labute approximate surface area is 177 Å². The van der Waals surface area contributed by atoms with Gasteiger partial charge >= 0.3 is 0 Å². The Morgan fingerprint density at radius 1 is 0.967 bits per heavy atom. The van der Waals surface area contributed by atoms with Crippen molar-refractivity contribution in [2.75, 3.05) is 65.9 Å². The van der Waals surface area contributed by atoms with Crippen LogP contribution in [0.5, 0.6) is 11.5 Å². The van der Waals surface area contributed by atoms with Crippen molar-refractivity contribution in [3.8, 4) is 22.9 Å². The van der Waals surface area contributed by atoms with E-state index in [9.17, 15) is 0 Å². The normalized spacial score (nSPS) is 15.3. The van der Waals surface area contributed by atoms with Crippen molar-refractivity contribution in [2.24, 2.45) is 0 Å². The van der Waals surface area contributed by atoms with Crippen LogP contribution in [0, 0.1) is 0 Å². The van der Waals surface area contributed by atoms with Gasteiger partial charge in [0.1, 0.15) is 17.3 Å². The molecule has 1 aromatic heterocycles. The van der Waals surface area contributed by atoms with Gasteiger partial charge in [-0.25, -0.2) is 9.97 Å². The predicted octanol–water partition coefficient (Wildman–Crippen LogP) is 2.97. The molecule has 0 aliphatic carbocycles. The number of aromatic nitrogens is 2.